The fourth-order valence-corrected chi connectivity index (χ4v) is 2.58. The lowest BCUT2D eigenvalue weighted by Gasteiger charge is -2.18. The van der Waals surface area contributed by atoms with Crippen molar-refractivity contribution in [3.8, 4) is 0 Å². The first-order valence-corrected chi connectivity index (χ1v) is 6.67. The number of nitrogens with two attached hydrogens (primary N) is 1. The molecule has 1 aliphatic heterocycles. The van der Waals surface area contributed by atoms with Crippen LogP contribution in [0.15, 0.2) is 36.4 Å². The molecule has 1 heterocycles. The van der Waals surface area contributed by atoms with Gasteiger partial charge in [0, 0.05) is 24.0 Å². The number of benzene rings is 2. The van der Waals surface area contributed by atoms with Crippen LogP contribution >= 0.6 is 0 Å². The summed E-state index contributed by atoms with van der Waals surface area (Å²) < 4.78 is 26.5. The molecule has 0 saturated carbocycles. The average Bonchev–Trinajstić information content (AvgIpc) is 2.85. The van der Waals surface area contributed by atoms with Crippen molar-refractivity contribution in [2.75, 3.05) is 17.2 Å². The number of anilines is 2. The van der Waals surface area contributed by atoms with Gasteiger partial charge in [0.15, 0.2) is 0 Å². The van der Waals surface area contributed by atoms with E-state index < -0.39 is 11.6 Å². The summed E-state index contributed by atoms with van der Waals surface area (Å²) in [5.74, 6) is -1.57. The molecule has 3 nitrogen and oxygen atoms in total. The van der Waals surface area contributed by atoms with Gasteiger partial charge in [0.2, 0.25) is 5.91 Å². The molecular formula is C16H14F2N2O. The Morgan fingerprint density at radius 3 is 2.76 bits per heavy atom. The Balaban J connectivity index is 1.83. The number of hydrogen-bond acceptors (Lipinski definition) is 2. The normalized spacial score (nSPS) is 13.3. The van der Waals surface area contributed by atoms with Crippen LogP contribution in [0.4, 0.5) is 20.2 Å². The maximum atomic E-state index is 13.6. The predicted octanol–water partition coefficient (Wildman–Crippen LogP) is 2.68. The van der Waals surface area contributed by atoms with E-state index in [1.165, 1.54) is 6.07 Å². The van der Waals surface area contributed by atoms with E-state index in [0.29, 0.717) is 12.2 Å². The quantitative estimate of drug-likeness (QED) is 0.864. The standard InChI is InChI=1S/C16H14F2N2O/c17-12-3-1-11(14(18)8-12)7-16(21)20-6-5-10-2-4-13(19)9-15(10)20/h1-4,8-9H,5-7,19H2. The minimum Gasteiger partial charge on any atom is -0.399 e. The van der Waals surface area contributed by atoms with E-state index in [9.17, 15) is 13.6 Å². The molecule has 0 spiro atoms. The van der Waals surface area contributed by atoms with Gasteiger partial charge in [-0.1, -0.05) is 12.1 Å². The Hall–Kier alpha value is -2.43. The van der Waals surface area contributed by atoms with Gasteiger partial charge in [0.1, 0.15) is 11.6 Å². The van der Waals surface area contributed by atoms with Gasteiger partial charge in [0.25, 0.3) is 0 Å². The second kappa shape index (κ2) is 5.16. The second-order valence-electron chi connectivity index (χ2n) is 5.10. The van der Waals surface area contributed by atoms with Crippen LogP contribution in [0, 0.1) is 11.6 Å². The molecule has 0 aromatic heterocycles. The molecule has 21 heavy (non-hydrogen) atoms. The Bertz CT molecular complexity index is 715. The average molecular weight is 288 g/mol. The summed E-state index contributed by atoms with van der Waals surface area (Å²) in [6.45, 7) is 0.556. The molecule has 0 radical (unpaired) electrons. The van der Waals surface area contributed by atoms with Gasteiger partial charge in [-0.25, -0.2) is 8.78 Å². The predicted molar refractivity (Wildman–Crippen MR) is 77.0 cm³/mol. The first-order chi connectivity index (χ1) is 10.0. The van der Waals surface area contributed by atoms with Gasteiger partial charge >= 0.3 is 0 Å². The Morgan fingerprint density at radius 1 is 1.19 bits per heavy atom. The van der Waals surface area contributed by atoms with Gasteiger partial charge in [0.05, 0.1) is 6.42 Å². The molecule has 2 aromatic carbocycles. The number of hydrogen-bond donors (Lipinski definition) is 1. The molecule has 0 fully saturated rings. The van der Waals surface area contributed by atoms with E-state index in [0.717, 1.165) is 29.8 Å². The lowest BCUT2D eigenvalue weighted by molar-refractivity contribution is -0.117. The largest absolute Gasteiger partial charge is 0.399 e. The molecule has 1 aliphatic rings. The monoisotopic (exact) mass is 288 g/mol. The Morgan fingerprint density at radius 2 is 2.00 bits per heavy atom. The van der Waals surface area contributed by atoms with E-state index in [4.69, 9.17) is 5.73 Å². The van der Waals surface area contributed by atoms with E-state index in [1.807, 2.05) is 6.07 Å². The molecule has 0 bridgehead atoms. The van der Waals surface area contributed by atoms with Crippen LogP contribution in [0.1, 0.15) is 11.1 Å². The topological polar surface area (TPSA) is 46.3 Å². The highest BCUT2D eigenvalue weighted by atomic mass is 19.1. The Kier molecular flexibility index (Phi) is 3.33. The number of rotatable bonds is 2. The third kappa shape index (κ3) is 2.59. The van der Waals surface area contributed by atoms with Crippen molar-refractivity contribution >= 4 is 17.3 Å². The lowest BCUT2D eigenvalue weighted by Crippen LogP contribution is -2.30. The molecule has 3 rings (SSSR count). The van der Waals surface area contributed by atoms with Crippen molar-refractivity contribution in [1.29, 1.82) is 0 Å². The highest BCUT2D eigenvalue weighted by Crippen LogP contribution is 2.30. The van der Waals surface area contributed by atoms with Crippen molar-refractivity contribution in [3.63, 3.8) is 0 Å². The maximum Gasteiger partial charge on any atom is 0.231 e. The number of nitrogen functional groups attached to an aromatic ring is 1. The first-order valence-electron chi connectivity index (χ1n) is 6.67. The van der Waals surface area contributed by atoms with Crippen LogP contribution in [-0.4, -0.2) is 12.5 Å². The van der Waals surface area contributed by atoms with Gasteiger partial charge in [-0.2, -0.15) is 0 Å². The van der Waals surface area contributed by atoms with Crippen molar-refractivity contribution < 1.29 is 13.6 Å². The van der Waals surface area contributed by atoms with Crippen LogP contribution in [0.2, 0.25) is 0 Å². The summed E-state index contributed by atoms with van der Waals surface area (Å²) in [5.41, 5.74) is 8.36. The number of halogens is 2. The number of amides is 1. The fourth-order valence-electron chi connectivity index (χ4n) is 2.58. The van der Waals surface area contributed by atoms with Crippen LogP contribution in [0.5, 0.6) is 0 Å². The molecule has 0 unspecified atom stereocenters. The third-order valence-corrected chi connectivity index (χ3v) is 3.66. The molecule has 2 N–H and O–H groups in total. The van der Waals surface area contributed by atoms with Crippen molar-refractivity contribution in [1.82, 2.24) is 0 Å². The molecule has 108 valence electrons. The molecule has 0 saturated heterocycles. The summed E-state index contributed by atoms with van der Waals surface area (Å²) in [4.78, 5) is 14.0. The van der Waals surface area contributed by atoms with Crippen LogP contribution in [0.25, 0.3) is 0 Å². The van der Waals surface area contributed by atoms with E-state index in [1.54, 1.807) is 17.0 Å². The summed E-state index contributed by atoms with van der Waals surface area (Å²) in [6.07, 6.45) is 0.660. The molecular weight excluding hydrogens is 274 g/mol. The zero-order valence-electron chi connectivity index (χ0n) is 11.3. The highest BCUT2D eigenvalue weighted by Gasteiger charge is 2.25. The maximum absolute atomic E-state index is 13.6. The minimum atomic E-state index is -0.699. The van der Waals surface area contributed by atoms with Crippen molar-refractivity contribution in [2.45, 2.75) is 12.8 Å². The molecule has 0 aliphatic carbocycles. The van der Waals surface area contributed by atoms with Crippen molar-refractivity contribution in [2.24, 2.45) is 0 Å². The Labute approximate surface area is 121 Å². The second-order valence-corrected chi connectivity index (χ2v) is 5.10. The first kappa shape index (κ1) is 13.5. The summed E-state index contributed by atoms with van der Waals surface area (Å²) in [7, 11) is 0. The number of carbonyl (C=O) groups excluding carboxylic acids is 1. The van der Waals surface area contributed by atoms with Crippen LogP contribution < -0.4 is 10.6 Å². The number of carbonyl (C=O) groups is 1. The van der Waals surface area contributed by atoms with E-state index in [2.05, 4.69) is 0 Å². The number of nitrogens with zero attached hydrogens (tertiary/aromatic N) is 1. The fraction of sp³-hybridized carbons (Fsp3) is 0.188. The molecule has 0 atom stereocenters. The molecule has 2 aromatic rings. The summed E-state index contributed by atoms with van der Waals surface area (Å²) in [5, 5.41) is 0. The van der Waals surface area contributed by atoms with Gasteiger partial charge < -0.3 is 10.6 Å². The third-order valence-electron chi connectivity index (χ3n) is 3.66. The lowest BCUT2D eigenvalue weighted by atomic mass is 10.1. The molecule has 1 amide bonds. The minimum absolute atomic E-state index is 0.0969. The zero-order chi connectivity index (χ0) is 15.0. The van der Waals surface area contributed by atoms with Gasteiger partial charge in [-0.3, -0.25) is 4.79 Å². The number of fused-ring (bicyclic) bond motifs is 1. The smallest absolute Gasteiger partial charge is 0.231 e. The summed E-state index contributed by atoms with van der Waals surface area (Å²) >= 11 is 0. The van der Waals surface area contributed by atoms with Gasteiger partial charge in [-0.05, 0) is 35.7 Å². The van der Waals surface area contributed by atoms with E-state index >= 15 is 0 Å². The van der Waals surface area contributed by atoms with Crippen molar-refractivity contribution in [3.05, 3.63) is 59.2 Å². The molecule has 5 heteroatoms. The van der Waals surface area contributed by atoms with Crippen LogP contribution in [0.3, 0.4) is 0 Å². The SMILES string of the molecule is Nc1ccc2c(c1)N(C(=O)Cc1ccc(F)cc1F)CC2. The van der Waals surface area contributed by atoms with Crippen LogP contribution in [-0.2, 0) is 17.6 Å². The highest BCUT2D eigenvalue weighted by molar-refractivity contribution is 5.97. The summed E-state index contributed by atoms with van der Waals surface area (Å²) in [6, 6.07) is 8.70. The van der Waals surface area contributed by atoms with E-state index in [-0.39, 0.29) is 17.9 Å². The van der Waals surface area contributed by atoms with Gasteiger partial charge in [-0.15, -0.1) is 0 Å². The zero-order valence-corrected chi connectivity index (χ0v) is 11.3.